The minimum atomic E-state index is 0. The van der Waals surface area contributed by atoms with Crippen LogP contribution >= 0.6 is 0 Å². The maximum absolute atomic E-state index is 2.32. The second-order valence-electron chi connectivity index (χ2n) is 9.85. The quantitative estimate of drug-likeness (QED) is 0.227. The van der Waals surface area contributed by atoms with E-state index >= 15 is 0 Å². The van der Waals surface area contributed by atoms with E-state index in [0.717, 1.165) is 0 Å². The Labute approximate surface area is 264 Å². The van der Waals surface area contributed by atoms with Crippen LogP contribution in [0.4, 0.5) is 0 Å². The van der Waals surface area contributed by atoms with Crippen LogP contribution in [0.1, 0.15) is 154 Å². The summed E-state index contributed by atoms with van der Waals surface area (Å²) >= 11 is 0. The van der Waals surface area contributed by atoms with Crippen molar-refractivity contribution >= 4 is 0 Å². The van der Waals surface area contributed by atoms with Gasteiger partial charge in [-0.05, 0) is 103 Å². The van der Waals surface area contributed by atoms with E-state index in [9.17, 15) is 0 Å². The number of rotatable bonds is 0. The number of halogens is 2. The Hall–Kier alpha value is 0.787. The molecular formula is C32H56Cl2Rh2-2. The number of hydrogen-bond donors (Lipinski definition) is 0. The Kier molecular flexibility index (Phi) is 49.0. The molecule has 4 heteroatoms. The van der Waals surface area contributed by atoms with Gasteiger partial charge in [0.15, 0.2) is 0 Å². The molecule has 0 heterocycles. The van der Waals surface area contributed by atoms with E-state index in [4.69, 9.17) is 0 Å². The molecule has 0 aromatic heterocycles. The molecule has 0 atom stereocenters. The minimum Gasteiger partial charge on any atom is -1.00 e. The van der Waals surface area contributed by atoms with Crippen molar-refractivity contribution in [2.24, 2.45) is 0 Å². The van der Waals surface area contributed by atoms with Gasteiger partial charge in [-0.25, -0.2) is 0 Å². The summed E-state index contributed by atoms with van der Waals surface area (Å²) in [6.45, 7) is 0. The van der Waals surface area contributed by atoms with Crippen LogP contribution in [0, 0.1) is 0 Å². The predicted molar refractivity (Wildman–Crippen MR) is 147 cm³/mol. The van der Waals surface area contributed by atoms with Crippen LogP contribution in [0.2, 0.25) is 0 Å². The van der Waals surface area contributed by atoms with Crippen LogP contribution in [0.3, 0.4) is 0 Å². The first kappa shape index (κ1) is 43.8. The van der Waals surface area contributed by atoms with Gasteiger partial charge in [0.25, 0.3) is 0 Å². The fourth-order valence-corrected chi connectivity index (χ4v) is 4.45. The number of hydrogen-bond acceptors (Lipinski definition) is 0. The Bertz CT molecular complexity index is 359. The monoisotopic (exact) mass is 716 g/mol. The maximum Gasteiger partial charge on any atom is 0 e. The Morgan fingerprint density at radius 1 is 0.194 bits per heavy atom. The molecule has 0 nitrogen and oxygen atoms in total. The molecule has 4 rings (SSSR count). The zero-order valence-corrected chi connectivity index (χ0v) is 27.8. The molecule has 0 saturated heterocycles. The van der Waals surface area contributed by atoms with Gasteiger partial charge in [0.05, 0.1) is 0 Å². The maximum atomic E-state index is 2.32. The van der Waals surface area contributed by atoms with Crippen LogP contribution < -0.4 is 24.8 Å². The Morgan fingerprint density at radius 2 is 0.306 bits per heavy atom. The molecule has 0 aromatic carbocycles. The van der Waals surface area contributed by atoms with Gasteiger partial charge in [-0.3, -0.25) is 0 Å². The summed E-state index contributed by atoms with van der Waals surface area (Å²) in [4.78, 5) is 0. The topological polar surface area (TPSA) is 0 Å². The molecule has 4 aliphatic carbocycles. The van der Waals surface area contributed by atoms with Gasteiger partial charge in [-0.2, -0.15) is 0 Å². The van der Waals surface area contributed by atoms with E-state index < -0.39 is 0 Å². The van der Waals surface area contributed by atoms with E-state index in [2.05, 4.69) is 48.6 Å². The second-order valence-corrected chi connectivity index (χ2v) is 9.85. The van der Waals surface area contributed by atoms with Crippen molar-refractivity contribution in [2.75, 3.05) is 0 Å². The van der Waals surface area contributed by atoms with Crippen molar-refractivity contribution in [1.29, 1.82) is 0 Å². The van der Waals surface area contributed by atoms with Gasteiger partial charge in [0.2, 0.25) is 0 Å². The van der Waals surface area contributed by atoms with Gasteiger partial charge in [-0.1, -0.05) is 100.0 Å². The largest absolute Gasteiger partial charge is 1.00 e. The van der Waals surface area contributed by atoms with Crippen LogP contribution in [0.15, 0.2) is 48.6 Å². The molecule has 36 heavy (non-hydrogen) atoms. The smallest absolute Gasteiger partial charge is 0 e. The third kappa shape index (κ3) is 36.9. The van der Waals surface area contributed by atoms with E-state index in [1.54, 1.807) is 0 Å². The Morgan fingerprint density at radius 3 is 0.417 bits per heavy atom. The van der Waals surface area contributed by atoms with E-state index in [-0.39, 0.29) is 63.8 Å². The van der Waals surface area contributed by atoms with Crippen LogP contribution in [-0.2, 0) is 39.0 Å². The van der Waals surface area contributed by atoms with Crippen LogP contribution in [0.5, 0.6) is 0 Å². The zero-order valence-electron chi connectivity index (χ0n) is 23.0. The predicted octanol–water partition coefficient (Wildman–Crippen LogP) is 5.59. The molecule has 0 spiro atoms. The molecule has 0 amide bonds. The van der Waals surface area contributed by atoms with Gasteiger partial charge < -0.3 is 24.8 Å². The first-order valence-electron chi connectivity index (χ1n) is 14.6. The molecule has 0 bridgehead atoms. The zero-order chi connectivity index (χ0) is 22.6. The molecule has 0 fully saturated rings. The third-order valence-corrected chi connectivity index (χ3v) is 6.63. The normalized spacial score (nSPS) is 23.1. The van der Waals surface area contributed by atoms with E-state index in [0.29, 0.717) is 0 Å². The van der Waals surface area contributed by atoms with Crippen LogP contribution in [0.25, 0.3) is 0 Å². The first-order valence-corrected chi connectivity index (χ1v) is 14.6. The van der Waals surface area contributed by atoms with Crippen molar-refractivity contribution < 1.29 is 63.8 Å². The fraction of sp³-hybridized carbons (Fsp3) is 0.750. The van der Waals surface area contributed by atoms with E-state index in [1.807, 2.05) is 0 Å². The molecule has 0 aromatic rings. The molecule has 0 N–H and O–H groups in total. The standard InChI is InChI=1S/4C8H14.2ClH.2Rh/c4*1-2-4-6-8-7-5-3-1;;;;/h4*1-2H,3-8H2;2*1H;;/p-2/b4*2-1-;;;;. The van der Waals surface area contributed by atoms with Crippen molar-refractivity contribution in [2.45, 2.75) is 154 Å². The molecule has 4 aliphatic rings. The van der Waals surface area contributed by atoms with Crippen molar-refractivity contribution in [3.8, 4) is 0 Å². The summed E-state index contributed by atoms with van der Waals surface area (Å²) in [5, 5.41) is 0. The summed E-state index contributed by atoms with van der Waals surface area (Å²) in [6, 6.07) is 0. The SMILES string of the molecule is C1=C\CCCCCC/1.C1=C\CCCCCC/1.C1=C\CCCCCC/1.C1=C\CCCCCC/1.[Cl-].[Cl-].[Rh].[Rh]. The van der Waals surface area contributed by atoms with E-state index in [1.165, 1.54) is 154 Å². The summed E-state index contributed by atoms with van der Waals surface area (Å²) in [6.07, 6.45) is 52.0. The summed E-state index contributed by atoms with van der Waals surface area (Å²) in [5.74, 6) is 0. The summed E-state index contributed by atoms with van der Waals surface area (Å²) < 4.78 is 0. The second kappa shape index (κ2) is 40.3. The first-order chi connectivity index (χ1) is 16.0. The van der Waals surface area contributed by atoms with Gasteiger partial charge in [0, 0.05) is 39.0 Å². The van der Waals surface area contributed by atoms with Crippen molar-refractivity contribution in [3.05, 3.63) is 48.6 Å². The van der Waals surface area contributed by atoms with Crippen molar-refractivity contribution in [3.63, 3.8) is 0 Å². The van der Waals surface area contributed by atoms with Gasteiger partial charge >= 0.3 is 0 Å². The van der Waals surface area contributed by atoms with Gasteiger partial charge in [-0.15, -0.1) is 0 Å². The van der Waals surface area contributed by atoms with Gasteiger partial charge in [0.1, 0.15) is 0 Å². The molecule has 0 saturated carbocycles. The molecular weight excluding hydrogens is 661 g/mol. The summed E-state index contributed by atoms with van der Waals surface area (Å²) in [7, 11) is 0. The molecule has 0 unspecified atom stereocenters. The third-order valence-electron chi connectivity index (χ3n) is 6.63. The van der Waals surface area contributed by atoms with Crippen molar-refractivity contribution in [1.82, 2.24) is 0 Å². The Balaban J connectivity index is -0.000000183. The summed E-state index contributed by atoms with van der Waals surface area (Å²) in [5.41, 5.74) is 0. The minimum absolute atomic E-state index is 0. The molecule has 218 valence electrons. The molecule has 0 aliphatic heterocycles. The fourth-order valence-electron chi connectivity index (χ4n) is 4.45. The molecule has 2 radical (unpaired) electrons. The number of allylic oxidation sites excluding steroid dienone is 8. The average molecular weight is 718 g/mol. The van der Waals surface area contributed by atoms with Crippen LogP contribution in [-0.4, -0.2) is 0 Å². The average Bonchev–Trinajstić information content (AvgIpc) is 2.67.